The Morgan fingerprint density at radius 2 is 2.00 bits per heavy atom. The van der Waals surface area contributed by atoms with Gasteiger partial charge in [-0.15, -0.1) is 0 Å². The molecule has 0 bridgehead atoms. The first-order valence-electron chi connectivity index (χ1n) is 6.71. The average Bonchev–Trinajstić information content (AvgIpc) is 2.59. The molecule has 0 fully saturated rings. The summed E-state index contributed by atoms with van der Waals surface area (Å²) < 4.78 is 5.16. The number of nitrogens with zero attached hydrogens (tertiary/aromatic N) is 1. The van der Waals surface area contributed by atoms with E-state index in [1.54, 1.807) is 0 Å². The van der Waals surface area contributed by atoms with Crippen molar-refractivity contribution in [3.05, 3.63) is 17.0 Å². The topological polar surface area (TPSA) is 38.1 Å². The van der Waals surface area contributed by atoms with Crippen LogP contribution in [0, 0.1) is 19.8 Å². The van der Waals surface area contributed by atoms with Crippen molar-refractivity contribution in [2.24, 2.45) is 5.92 Å². The van der Waals surface area contributed by atoms with E-state index in [-0.39, 0.29) is 0 Å². The lowest BCUT2D eigenvalue weighted by Gasteiger charge is -2.20. The smallest absolute Gasteiger partial charge is 0.137 e. The van der Waals surface area contributed by atoms with Crippen LogP contribution < -0.4 is 5.32 Å². The maximum Gasteiger partial charge on any atom is 0.137 e. The molecule has 1 rings (SSSR count). The van der Waals surface area contributed by atoms with E-state index in [0.717, 1.165) is 30.8 Å². The van der Waals surface area contributed by atoms with Crippen LogP contribution in [0.25, 0.3) is 0 Å². The zero-order chi connectivity index (χ0) is 12.8. The Morgan fingerprint density at radius 1 is 1.29 bits per heavy atom. The van der Waals surface area contributed by atoms with E-state index in [9.17, 15) is 0 Å². The summed E-state index contributed by atoms with van der Waals surface area (Å²) in [6.07, 6.45) is 3.40. The Morgan fingerprint density at radius 3 is 2.47 bits per heavy atom. The molecule has 0 radical (unpaired) electrons. The molecule has 0 saturated heterocycles. The van der Waals surface area contributed by atoms with Crippen molar-refractivity contribution in [3.8, 4) is 0 Å². The second-order valence-electron chi connectivity index (χ2n) is 5.12. The number of rotatable bonds is 7. The molecule has 17 heavy (non-hydrogen) atoms. The van der Waals surface area contributed by atoms with E-state index in [1.165, 1.54) is 12.0 Å². The third kappa shape index (κ3) is 4.15. The van der Waals surface area contributed by atoms with Gasteiger partial charge in [-0.25, -0.2) is 0 Å². The van der Waals surface area contributed by atoms with Gasteiger partial charge >= 0.3 is 0 Å². The van der Waals surface area contributed by atoms with Gasteiger partial charge in [0.15, 0.2) is 0 Å². The van der Waals surface area contributed by atoms with Crippen LogP contribution in [0.5, 0.6) is 0 Å². The van der Waals surface area contributed by atoms with Crippen LogP contribution in [0.4, 0.5) is 0 Å². The molecule has 0 aliphatic heterocycles. The van der Waals surface area contributed by atoms with Gasteiger partial charge in [0.1, 0.15) is 5.76 Å². The second kappa shape index (κ2) is 6.80. The van der Waals surface area contributed by atoms with Gasteiger partial charge in [0.05, 0.1) is 5.69 Å². The summed E-state index contributed by atoms with van der Waals surface area (Å²) in [5.41, 5.74) is 2.32. The largest absolute Gasteiger partial charge is 0.361 e. The molecule has 0 amide bonds. The van der Waals surface area contributed by atoms with Crippen molar-refractivity contribution >= 4 is 0 Å². The molecule has 0 aromatic carbocycles. The van der Waals surface area contributed by atoms with E-state index in [0.29, 0.717) is 12.0 Å². The predicted octanol–water partition coefficient (Wildman–Crippen LogP) is 3.25. The van der Waals surface area contributed by atoms with Crippen molar-refractivity contribution in [3.63, 3.8) is 0 Å². The van der Waals surface area contributed by atoms with E-state index in [4.69, 9.17) is 4.52 Å². The van der Waals surface area contributed by atoms with Crippen LogP contribution in [-0.2, 0) is 6.42 Å². The number of hydrogen-bond acceptors (Lipinski definition) is 3. The standard InChI is InChI=1S/C14H26N2O/c1-6-14(10(2)3)15-9-7-8-13-11(4)16-17-12(13)5/h10,14-15H,6-9H2,1-5H3. The Hall–Kier alpha value is -0.830. The molecule has 3 nitrogen and oxygen atoms in total. The van der Waals surface area contributed by atoms with Crippen LogP contribution in [0.2, 0.25) is 0 Å². The molecular formula is C14H26N2O. The van der Waals surface area contributed by atoms with Gasteiger partial charge in [-0.05, 0) is 45.6 Å². The lowest BCUT2D eigenvalue weighted by atomic mass is 10.0. The molecule has 1 heterocycles. The highest BCUT2D eigenvalue weighted by Gasteiger charge is 2.11. The third-order valence-corrected chi connectivity index (χ3v) is 3.44. The lowest BCUT2D eigenvalue weighted by molar-refractivity contribution is 0.385. The van der Waals surface area contributed by atoms with Crippen LogP contribution in [0.1, 0.15) is 50.6 Å². The minimum absolute atomic E-state index is 0.639. The molecule has 0 aliphatic rings. The van der Waals surface area contributed by atoms with Gasteiger partial charge in [-0.3, -0.25) is 0 Å². The molecular weight excluding hydrogens is 212 g/mol. The number of aryl methyl sites for hydroxylation is 2. The summed E-state index contributed by atoms with van der Waals surface area (Å²) in [4.78, 5) is 0. The molecule has 1 atom stereocenters. The minimum atomic E-state index is 0.639. The normalized spacial score (nSPS) is 13.3. The summed E-state index contributed by atoms with van der Waals surface area (Å²) in [5.74, 6) is 1.68. The summed E-state index contributed by atoms with van der Waals surface area (Å²) in [6, 6.07) is 0.639. The molecule has 0 aliphatic carbocycles. The maximum absolute atomic E-state index is 5.16. The number of nitrogens with one attached hydrogen (secondary N) is 1. The first-order valence-corrected chi connectivity index (χ1v) is 6.71. The quantitative estimate of drug-likeness (QED) is 0.741. The molecule has 1 N–H and O–H groups in total. The SMILES string of the molecule is CCC(NCCCc1c(C)noc1C)C(C)C. The van der Waals surface area contributed by atoms with Gasteiger partial charge < -0.3 is 9.84 Å². The molecule has 0 saturated carbocycles. The zero-order valence-electron chi connectivity index (χ0n) is 11.8. The highest BCUT2D eigenvalue weighted by atomic mass is 16.5. The van der Waals surface area contributed by atoms with Crippen LogP contribution in [-0.4, -0.2) is 17.7 Å². The zero-order valence-corrected chi connectivity index (χ0v) is 11.8. The van der Waals surface area contributed by atoms with E-state index < -0.39 is 0 Å². The summed E-state index contributed by atoms with van der Waals surface area (Å²) >= 11 is 0. The van der Waals surface area contributed by atoms with Crippen molar-refractivity contribution in [1.29, 1.82) is 0 Å². The molecule has 0 spiro atoms. The fourth-order valence-corrected chi connectivity index (χ4v) is 2.26. The van der Waals surface area contributed by atoms with E-state index in [1.807, 2.05) is 13.8 Å². The van der Waals surface area contributed by atoms with Crippen LogP contribution in [0.3, 0.4) is 0 Å². The third-order valence-electron chi connectivity index (χ3n) is 3.44. The molecule has 1 unspecified atom stereocenters. The van der Waals surface area contributed by atoms with E-state index in [2.05, 4.69) is 31.2 Å². The molecule has 1 aromatic rings. The highest BCUT2D eigenvalue weighted by Crippen LogP contribution is 2.14. The fraction of sp³-hybridized carbons (Fsp3) is 0.786. The summed E-state index contributed by atoms with van der Waals surface area (Å²) in [5, 5.41) is 7.60. The van der Waals surface area contributed by atoms with E-state index >= 15 is 0 Å². The molecule has 1 aromatic heterocycles. The molecule has 3 heteroatoms. The fourth-order valence-electron chi connectivity index (χ4n) is 2.26. The van der Waals surface area contributed by atoms with Crippen molar-refractivity contribution in [1.82, 2.24) is 10.5 Å². The first kappa shape index (κ1) is 14.2. The predicted molar refractivity (Wildman–Crippen MR) is 71.2 cm³/mol. The average molecular weight is 238 g/mol. The monoisotopic (exact) mass is 238 g/mol. The second-order valence-corrected chi connectivity index (χ2v) is 5.12. The maximum atomic E-state index is 5.16. The minimum Gasteiger partial charge on any atom is -0.361 e. The Bertz CT molecular complexity index is 311. The Balaban J connectivity index is 2.29. The van der Waals surface area contributed by atoms with Crippen molar-refractivity contribution in [2.45, 2.75) is 59.9 Å². The number of aromatic nitrogens is 1. The molecule has 98 valence electrons. The van der Waals surface area contributed by atoms with Gasteiger partial charge in [-0.1, -0.05) is 25.9 Å². The van der Waals surface area contributed by atoms with Crippen LogP contribution >= 0.6 is 0 Å². The van der Waals surface area contributed by atoms with Gasteiger partial charge in [0.2, 0.25) is 0 Å². The summed E-state index contributed by atoms with van der Waals surface area (Å²) in [7, 11) is 0. The number of hydrogen-bond donors (Lipinski definition) is 1. The summed E-state index contributed by atoms with van der Waals surface area (Å²) in [6.45, 7) is 11.9. The lowest BCUT2D eigenvalue weighted by Crippen LogP contribution is -2.34. The van der Waals surface area contributed by atoms with Crippen molar-refractivity contribution < 1.29 is 4.52 Å². The first-order chi connectivity index (χ1) is 8.06. The Kier molecular flexibility index (Phi) is 5.69. The van der Waals surface area contributed by atoms with Crippen molar-refractivity contribution in [2.75, 3.05) is 6.54 Å². The van der Waals surface area contributed by atoms with Crippen LogP contribution in [0.15, 0.2) is 4.52 Å². The Labute approximate surface area is 105 Å². The highest BCUT2D eigenvalue weighted by molar-refractivity contribution is 5.20. The van der Waals surface area contributed by atoms with Gasteiger partial charge in [0, 0.05) is 11.6 Å². The van der Waals surface area contributed by atoms with Gasteiger partial charge in [0.25, 0.3) is 0 Å². The van der Waals surface area contributed by atoms with Gasteiger partial charge in [-0.2, -0.15) is 0 Å².